The number of anilines is 2. The highest BCUT2D eigenvalue weighted by atomic mass is 35.5. The van der Waals surface area contributed by atoms with E-state index in [0.29, 0.717) is 22.9 Å². The van der Waals surface area contributed by atoms with E-state index in [4.69, 9.17) is 17.3 Å². The third-order valence-electron chi connectivity index (χ3n) is 3.52. The van der Waals surface area contributed by atoms with Crippen molar-refractivity contribution in [3.63, 3.8) is 0 Å². The smallest absolute Gasteiger partial charge is 0.250 e. The molecule has 0 fully saturated rings. The summed E-state index contributed by atoms with van der Waals surface area (Å²) < 4.78 is 0. The van der Waals surface area contributed by atoms with Gasteiger partial charge in [0.05, 0.1) is 10.6 Å². The maximum absolute atomic E-state index is 11.1. The van der Waals surface area contributed by atoms with Gasteiger partial charge in [0.25, 0.3) is 0 Å². The Bertz CT molecular complexity index is 648. The molecule has 2 rings (SSSR count). The van der Waals surface area contributed by atoms with Crippen molar-refractivity contribution in [2.24, 2.45) is 5.73 Å². The molecule has 0 saturated heterocycles. The molecule has 0 aliphatic rings. The fourth-order valence-corrected chi connectivity index (χ4v) is 2.23. The average molecular weight is 319 g/mol. The van der Waals surface area contributed by atoms with Gasteiger partial charge in [-0.1, -0.05) is 29.8 Å². The number of nitrogens with zero attached hydrogens (tertiary/aromatic N) is 2. The zero-order chi connectivity index (χ0) is 16.1. The Morgan fingerprint density at radius 1 is 1.41 bits per heavy atom. The van der Waals surface area contributed by atoms with E-state index in [1.54, 1.807) is 0 Å². The molecule has 22 heavy (non-hydrogen) atoms. The third-order valence-corrected chi connectivity index (χ3v) is 3.80. The van der Waals surface area contributed by atoms with Gasteiger partial charge in [-0.2, -0.15) is 0 Å². The summed E-state index contributed by atoms with van der Waals surface area (Å²) in [7, 11) is 2.03. The number of likely N-dealkylation sites (N-methyl/N-ethyl adjacent to an activating group) is 1. The molecule has 0 radical (unpaired) electrons. The SMILES string of the molecule is CC(CNc1ncc(C(N)=O)cc1Cl)N(C)c1ccccc1. The molecule has 1 heterocycles. The maximum atomic E-state index is 11.1. The molecule has 6 heteroatoms. The van der Waals surface area contributed by atoms with Crippen LogP contribution in [0.15, 0.2) is 42.6 Å². The number of nitrogens with two attached hydrogens (primary N) is 1. The van der Waals surface area contributed by atoms with Crippen LogP contribution in [0, 0.1) is 0 Å². The molecule has 1 aromatic carbocycles. The second kappa shape index (κ2) is 7.13. The number of primary amides is 1. The molecule has 5 nitrogen and oxygen atoms in total. The summed E-state index contributed by atoms with van der Waals surface area (Å²) in [5.41, 5.74) is 6.63. The molecule has 116 valence electrons. The lowest BCUT2D eigenvalue weighted by atomic mass is 10.2. The van der Waals surface area contributed by atoms with Crippen molar-refractivity contribution >= 4 is 29.0 Å². The third kappa shape index (κ3) is 3.89. The molecule has 0 saturated carbocycles. The fraction of sp³-hybridized carbons (Fsp3) is 0.250. The Balaban J connectivity index is 1.99. The van der Waals surface area contributed by atoms with Gasteiger partial charge in [-0.15, -0.1) is 0 Å². The van der Waals surface area contributed by atoms with E-state index in [2.05, 4.69) is 34.3 Å². The lowest BCUT2D eigenvalue weighted by Crippen LogP contribution is -2.35. The zero-order valence-corrected chi connectivity index (χ0v) is 13.3. The quantitative estimate of drug-likeness (QED) is 0.859. The van der Waals surface area contributed by atoms with Crippen LogP contribution in [0.2, 0.25) is 5.02 Å². The highest BCUT2D eigenvalue weighted by Gasteiger charge is 2.12. The summed E-state index contributed by atoms with van der Waals surface area (Å²) in [6, 6.07) is 11.9. The van der Waals surface area contributed by atoms with Crippen LogP contribution < -0.4 is 16.0 Å². The Morgan fingerprint density at radius 3 is 2.68 bits per heavy atom. The van der Waals surface area contributed by atoms with Crippen LogP contribution in [-0.4, -0.2) is 30.5 Å². The number of carbonyl (C=O) groups is 1. The second-order valence-corrected chi connectivity index (χ2v) is 5.50. The van der Waals surface area contributed by atoms with Crippen molar-refractivity contribution in [2.75, 3.05) is 23.8 Å². The number of rotatable bonds is 6. The van der Waals surface area contributed by atoms with E-state index >= 15 is 0 Å². The van der Waals surface area contributed by atoms with Crippen molar-refractivity contribution in [3.05, 3.63) is 53.2 Å². The molecule has 0 bridgehead atoms. The zero-order valence-electron chi connectivity index (χ0n) is 12.6. The van der Waals surface area contributed by atoms with E-state index in [1.807, 2.05) is 25.2 Å². The van der Waals surface area contributed by atoms with Crippen molar-refractivity contribution in [1.29, 1.82) is 0 Å². The van der Waals surface area contributed by atoms with Crippen molar-refractivity contribution in [2.45, 2.75) is 13.0 Å². The number of aromatic nitrogens is 1. The van der Waals surface area contributed by atoms with E-state index in [1.165, 1.54) is 12.3 Å². The van der Waals surface area contributed by atoms with Crippen LogP contribution in [0.25, 0.3) is 0 Å². The van der Waals surface area contributed by atoms with Crippen LogP contribution in [0.4, 0.5) is 11.5 Å². The molecule has 0 spiro atoms. The summed E-state index contributed by atoms with van der Waals surface area (Å²) in [5, 5.41) is 3.57. The Labute approximate surface area is 135 Å². The molecule has 1 aromatic heterocycles. The first-order valence-electron chi connectivity index (χ1n) is 6.96. The minimum absolute atomic E-state index is 0.232. The standard InChI is InChI=1S/C16H19ClN4O/c1-11(21(2)13-6-4-3-5-7-13)9-19-16-14(17)8-12(10-20-16)15(18)22/h3-8,10-11H,9H2,1-2H3,(H2,18,22)(H,19,20). The first-order chi connectivity index (χ1) is 10.5. The monoisotopic (exact) mass is 318 g/mol. The molecule has 2 aromatic rings. The molecule has 1 unspecified atom stereocenters. The van der Waals surface area contributed by atoms with E-state index < -0.39 is 5.91 Å². The molecule has 1 atom stereocenters. The Kier molecular flexibility index (Phi) is 5.22. The number of amides is 1. The predicted molar refractivity (Wildman–Crippen MR) is 90.6 cm³/mol. The van der Waals surface area contributed by atoms with Crippen LogP contribution in [0.1, 0.15) is 17.3 Å². The summed E-state index contributed by atoms with van der Waals surface area (Å²) in [5.74, 6) is -0.00175. The average Bonchev–Trinajstić information content (AvgIpc) is 2.53. The van der Waals surface area contributed by atoms with Gasteiger partial charge in [0.1, 0.15) is 5.82 Å². The number of benzene rings is 1. The van der Waals surface area contributed by atoms with Crippen LogP contribution in [-0.2, 0) is 0 Å². The summed E-state index contributed by atoms with van der Waals surface area (Å²) in [4.78, 5) is 17.4. The van der Waals surface area contributed by atoms with Gasteiger partial charge in [0, 0.05) is 31.5 Å². The highest BCUT2D eigenvalue weighted by molar-refractivity contribution is 6.33. The number of hydrogen-bond donors (Lipinski definition) is 2. The summed E-state index contributed by atoms with van der Waals surface area (Å²) >= 11 is 6.11. The van der Waals surface area contributed by atoms with Gasteiger partial charge >= 0.3 is 0 Å². The molecule has 0 aliphatic heterocycles. The highest BCUT2D eigenvalue weighted by Crippen LogP contribution is 2.20. The Hall–Kier alpha value is -2.27. The van der Waals surface area contributed by atoms with Gasteiger partial charge in [-0.05, 0) is 25.1 Å². The number of hydrogen-bond acceptors (Lipinski definition) is 4. The molecular formula is C16H19ClN4O. The Morgan fingerprint density at radius 2 is 2.09 bits per heavy atom. The van der Waals surface area contributed by atoms with Gasteiger partial charge in [-0.3, -0.25) is 4.79 Å². The van der Waals surface area contributed by atoms with E-state index in [0.717, 1.165) is 5.69 Å². The number of nitrogens with one attached hydrogen (secondary N) is 1. The normalized spacial score (nSPS) is 11.8. The molecule has 0 aliphatic carbocycles. The molecule has 1 amide bonds. The van der Waals surface area contributed by atoms with Gasteiger partial charge in [-0.25, -0.2) is 4.98 Å². The minimum Gasteiger partial charge on any atom is -0.370 e. The first-order valence-corrected chi connectivity index (χ1v) is 7.34. The van der Waals surface area contributed by atoms with E-state index in [-0.39, 0.29) is 6.04 Å². The van der Waals surface area contributed by atoms with Crippen LogP contribution >= 0.6 is 11.6 Å². The van der Waals surface area contributed by atoms with E-state index in [9.17, 15) is 4.79 Å². The van der Waals surface area contributed by atoms with Crippen LogP contribution in [0.3, 0.4) is 0 Å². The number of carbonyl (C=O) groups excluding carboxylic acids is 1. The van der Waals surface area contributed by atoms with Crippen molar-refractivity contribution in [3.8, 4) is 0 Å². The first kappa shape index (κ1) is 16.1. The maximum Gasteiger partial charge on any atom is 0.250 e. The minimum atomic E-state index is -0.543. The number of pyridine rings is 1. The fourth-order valence-electron chi connectivity index (χ4n) is 2.00. The number of para-hydroxylation sites is 1. The molecular weight excluding hydrogens is 300 g/mol. The lowest BCUT2D eigenvalue weighted by Gasteiger charge is -2.27. The predicted octanol–water partition coefficient (Wildman–Crippen LogP) is 2.77. The molecule has 3 N–H and O–H groups in total. The topological polar surface area (TPSA) is 71.2 Å². The lowest BCUT2D eigenvalue weighted by molar-refractivity contribution is 0.1000. The summed E-state index contributed by atoms with van der Waals surface area (Å²) in [6.45, 7) is 2.76. The van der Waals surface area contributed by atoms with Gasteiger partial charge < -0.3 is 16.0 Å². The number of halogens is 1. The van der Waals surface area contributed by atoms with Crippen molar-refractivity contribution < 1.29 is 4.79 Å². The van der Waals surface area contributed by atoms with Crippen molar-refractivity contribution in [1.82, 2.24) is 4.98 Å². The summed E-state index contributed by atoms with van der Waals surface area (Å²) in [6.07, 6.45) is 1.42. The largest absolute Gasteiger partial charge is 0.370 e. The van der Waals surface area contributed by atoms with Gasteiger partial charge in [0.15, 0.2) is 0 Å². The second-order valence-electron chi connectivity index (χ2n) is 5.10. The van der Waals surface area contributed by atoms with Gasteiger partial charge in [0.2, 0.25) is 5.91 Å². The van der Waals surface area contributed by atoms with Crippen LogP contribution in [0.5, 0.6) is 0 Å².